The molecule has 0 radical (unpaired) electrons. The number of hydrogen-bond acceptors (Lipinski definition) is 3. The molecule has 0 heterocycles. The van der Waals surface area contributed by atoms with Gasteiger partial charge in [0.2, 0.25) is 5.91 Å². The van der Waals surface area contributed by atoms with Gasteiger partial charge in [-0.2, -0.15) is 0 Å². The lowest BCUT2D eigenvalue weighted by Gasteiger charge is -2.04. The number of hydrogen-bond donors (Lipinski definition) is 2. The molecule has 1 aromatic carbocycles. The Bertz CT molecular complexity index is 381. The molecule has 5 heteroatoms. The Morgan fingerprint density at radius 1 is 1.22 bits per heavy atom. The molecular weight excluding hydrogens is 250 g/mol. The predicted molar refractivity (Wildman–Crippen MR) is 72.7 cm³/mol. The van der Waals surface area contributed by atoms with Crippen molar-refractivity contribution in [2.45, 2.75) is 12.8 Å². The van der Waals surface area contributed by atoms with Crippen LogP contribution < -0.4 is 5.32 Å². The molecule has 0 spiro atoms. The van der Waals surface area contributed by atoms with Crippen molar-refractivity contribution in [3.63, 3.8) is 0 Å². The van der Waals surface area contributed by atoms with Crippen LogP contribution in [0.4, 0.5) is 0 Å². The molecule has 0 aromatic heterocycles. The second-order valence-electron chi connectivity index (χ2n) is 3.78. The van der Waals surface area contributed by atoms with E-state index in [1.807, 2.05) is 30.3 Å². The van der Waals surface area contributed by atoms with E-state index in [4.69, 9.17) is 5.11 Å². The highest BCUT2D eigenvalue weighted by Crippen LogP contribution is 2.02. The quantitative estimate of drug-likeness (QED) is 0.701. The third-order valence-corrected chi connectivity index (χ3v) is 3.22. The summed E-state index contributed by atoms with van der Waals surface area (Å²) in [5.41, 5.74) is 1.15. The molecule has 0 aliphatic rings. The maximum absolute atomic E-state index is 11.5. The van der Waals surface area contributed by atoms with Crippen molar-refractivity contribution in [3.05, 3.63) is 35.9 Å². The number of nitrogens with one attached hydrogen (secondary N) is 1. The fourth-order valence-corrected chi connectivity index (χ4v) is 1.98. The van der Waals surface area contributed by atoms with Crippen LogP contribution in [0.25, 0.3) is 0 Å². The maximum atomic E-state index is 11.5. The van der Waals surface area contributed by atoms with E-state index in [9.17, 15) is 9.59 Å². The van der Waals surface area contributed by atoms with Crippen LogP contribution in [0.2, 0.25) is 0 Å². The SMILES string of the molecule is O=C(O)CSCCNC(=O)CCc1ccccc1. The third-order valence-electron chi connectivity index (χ3n) is 2.28. The van der Waals surface area contributed by atoms with Crippen molar-refractivity contribution >= 4 is 23.6 Å². The number of rotatable bonds is 8. The van der Waals surface area contributed by atoms with E-state index in [1.165, 1.54) is 11.8 Å². The number of carbonyl (C=O) groups excluding carboxylic acids is 1. The lowest BCUT2D eigenvalue weighted by Crippen LogP contribution is -2.26. The van der Waals surface area contributed by atoms with Gasteiger partial charge >= 0.3 is 5.97 Å². The fraction of sp³-hybridized carbons (Fsp3) is 0.385. The van der Waals surface area contributed by atoms with Crippen LogP contribution in [0.3, 0.4) is 0 Å². The molecule has 0 fully saturated rings. The molecule has 4 nitrogen and oxygen atoms in total. The maximum Gasteiger partial charge on any atom is 0.313 e. The number of benzene rings is 1. The monoisotopic (exact) mass is 267 g/mol. The molecule has 0 unspecified atom stereocenters. The second-order valence-corrected chi connectivity index (χ2v) is 4.89. The lowest BCUT2D eigenvalue weighted by molar-refractivity contribution is -0.133. The number of thioether (sulfide) groups is 1. The Hall–Kier alpha value is -1.49. The van der Waals surface area contributed by atoms with Crippen LogP contribution in [0.15, 0.2) is 30.3 Å². The highest BCUT2D eigenvalue weighted by Gasteiger charge is 2.02. The number of aryl methyl sites for hydroxylation is 1. The van der Waals surface area contributed by atoms with Gasteiger partial charge < -0.3 is 10.4 Å². The van der Waals surface area contributed by atoms with Crippen LogP contribution in [0.5, 0.6) is 0 Å². The summed E-state index contributed by atoms with van der Waals surface area (Å²) in [5.74, 6) is -0.103. The van der Waals surface area contributed by atoms with Crippen molar-refractivity contribution in [3.8, 4) is 0 Å². The van der Waals surface area contributed by atoms with Crippen molar-refractivity contribution < 1.29 is 14.7 Å². The highest BCUT2D eigenvalue weighted by atomic mass is 32.2. The van der Waals surface area contributed by atoms with E-state index in [-0.39, 0.29) is 11.7 Å². The van der Waals surface area contributed by atoms with Gasteiger partial charge in [0.1, 0.15) is 0 Å². The topological polar surface area (TPSA) is 66.4 Å². The molecule has 0 saturated heterocycles. The molecule has 2 N–H and O–H groups in total. The van der Waals surface area contributed by atoms with Crippen LogP contribution in [-0.2, 0) is 16.0 Å². The molecule has 0 aliphatic carbocycles. The standard InChI is InChI=1S/C13H17NO3S/c15-12(14-8-9-18-10-13(16)17)7-6-11-4-2-1-3-5-11/h1-5H,6-10H2,(H,14,15)(H,16,17). The van der Waals surface area contributed by atoms with E-state index >= 15 is 0 Å². The molecule has 0 bridgehead atoms. The van der Waals surface area contributed by atoms with Crippen molar-refractivity contribution in [2.24, 2.45) is 0 Å². The summed E-state index contributed by atoms with van der Waals surface area (Å²) < 4.78 is 0. The van der Waals surface area contributed by atoms with Gasteiger partial charge in [0.15, 0.2) is 0 Å². The molecule has 18 heavy (non-hydrogen) atoms. The van der Waals surface area contributed by atoms with Crippen LogP contribution >= 0.6 is 11.8 Å². The van der Waals surface area contributed by atoms with Gasteiger partial charge in [0.05, 0.1) is 5.75 Å². The van der Waals surface area contributed by atoms with Gasteiger partial charge in [0.25, 0.3) is 0 Å². The molecule has 1 amide bonds. The number of carboxylic acid groups (broad SMARTS) is 1. The van der Waals surface area contributed by atoms with Crippen molar-refractivity contribution in [2.75, 3.05) is 18.1 Å². The average molecular weight is 267 g/mol. The van der Waals surface area contributed by atoms with Gasteiger partial charge in [-0.1, -0.05) is 30.3 Å². The van der Waals surface area contributed by atoms with E-state index < -0.39 is 5.97 Å². The number of aliphatic carboxylic acids is 1. The van der Waals surface area contributed by atoms with Crippen LogP contribution in [-0.4, -0.2) is 35.0 Å². The minimum Gasteiger partial charge on any atom is -0.481 e. The molecule has 0 aliphatic heterocycles. The minimum atomic E-state index is -0.824. The zero-order valence-electron chi connectivity index (χ0n) is 10.1. The van der Waals surface area contributed by atoms with Gasteiger partial charge in [0, 0.05) is 18.7 Å². The summed E-state index contributed by atoms with van der Waals surface area (Å²) in [6.45, 7) is 0.519. The zero-order chi connectivity index (χ0) is 13.2. The summed E-state index contributed by atoms with van der Waals surface area (Å²) in [6, 6.07) is 9.85. The first-order valence-corrected chi connectivity index (χ1v) is 6.94. The van der Waals surface area contributed by atoms with Crippen LogP contribution in [0, 0.1) is 0 Å². The van der Waals surface area contributed by atoms with Gasteiger partial charge in [-0.25, -0.2) is 0 Å². The van der Waals surface area contributed by atoms with Crippen molar-refractivity contribution in [1.29, 1.82) is 0 Å². The number of amides is 1. The summed E-state index contributed by atoms with van der Waals surface area (Å²) in [4.78, 5) is 21.7. The summed E-state index contributed by atoms with van der Waals surface area (Å²) in [6.07, 6.45) is 1.20. The average Bonchev–Trinajstić information content (AvgIpc) is 2.37. The lowest BCUT2D eigenvalue weighted by atomic mass is 10.1. The Labute approximate surface area is 111 Å². The summed E-state index contributed by atoms with van der Waals surface area (Å²) >= 11 is 1.30. The van der Waals surface area contributed by atoms with E-state index in [0.29, 0.717) is 18.7 Å². The van der Waals surface area contributed by atoms with Crippen molar-refractivity contribution in [1.82, 2.24) is 5.32 Å². The Kier molecular flexibility index (Phi) is 6.94. The minimum absolute atomic E-state index is 0.00905. The molecule has 98 valence electrons. The Morgan fingerprint density at radius 2 is 1.94 bits per heavy atom. The second kappa shape index (κ2) is 8.58. The smallest absolute Gasteiger partial charge is 0.313 e. The van der Waals surface area contributed by atoms with Gasteiger partial charge in [-0.3, -0.25) is 9.59 Å². The first-order valence-electron chi connectivity index (χ1n) is 5.78. The normalized spacial score (nSPS) is 10.0. The third kappa shape index (κ3) is 6.96. The van der Waals surface area contributed by atoms with E-state index in [1.54, 1.807) is 0 Å². The molecule has 0 saturated carbocycles. The Balaban J connectivity index is 2.06. The number of carbonyl (C=O) groups is 2. The van der Waals surface area contributed by atoms with E-state index in [2.05, 4.69) is 5.32 Å². The van der Waals surface area contributed by atoms with Crippen LogP contribution in [0.1, 0.15) is 12.0 Å². The number of carboxylic acids is 1. The highest BCUT2D eigenvalue weighted by molar-refractivity contribution is 7.99. The first-order chi connectivity index (χ1) is 8.68. The predicted octanol–water partition coefficient (Wildman–Crippen LogP) is 1.55. The van der Waals surface area contributed by atoms with Gasteiger partial charge in [-0.05, 0) is 12.0 Å². The summed E-state index contributed by atoms with van der Waals surface area (Å²) in [7, 11) is 0. The van der Waals surface area contributed by atoms with Gasteiger partial charge in [-0.15, -0.1) is 11.8 Å². The molecule has 1 rings (SSSR count). The first kappa shape index (κ1) is 14.6. The molecule has 1 aromatic rings. The molecule has 0 atom stereocenters. The molecular formula is C13H17NO3S. The zero-order valence-corrected chi connectivity index (χ0v) is 10.9. The summed E-state index contributed by atoms with van der Waals surface area (Å²) in [5, 5.41) is 11.2. The van der Waals surface area contributed by atoms with E-state index in [0.717, 1.165) is 12.0 Å². The largest absolute Gasteiger partial charge is 0.481 e. The Morgan fingerprint density at radius 3 is 2.61 bits per heavy atom. The fourth-order valence-electron chi connectivity index (χ4n) is 1.41.